The quantitative estimate of drug-likeness (QED) is 0.883. The summed E-state index contributed by atoms with van der Waals surface area (Å²) >= 11 is 0. The van der Waals surface area contributed by atoms with Gasteiger partial charge in [-0.05, 0) is 51.7 Å². The highest BCUT2D eigenvalue weighted by Crippen LogP contribution is 2.34. The highest BCUT2D eigenvalue weighted by molar-refractivity contribution is 5.87. The van der Waals surface area contributed by atoms with Gasteiger partial charge in [-0.15, -0.1) is 0 Å². The Morgan fingerprint density at radius 2 is 2.10 bits per heavy atom. The molecule has 6 heteroatoms. The molecule has 3 rings (SSSR count). The normalized spacial score (nSPS) is 24.0. The van der Waals surface area contributed by atoms with E-state index in [2.05, 4.69) is 16.8 Å². The van der Waals surface area contributed by atoms with Crippen LogP contribution in [0, 0.1) is 0 Å². The van der Waals surface area contributed by atoms with Crippen LogP contribution in [0.1, 0.15) is 66.7 Å². The molecule has 0 aliphatic carbocycles. The van der Waals surface area contributed by atoms with Crippen molar-refractivity contribution in [2.45, 2.75) is 51.1 Å². The molecule has 0 saturated carbocycles. The molecular formula is C15H24N4O2. The number of hydrogen-bond donors (Lipinski definition) is 2. The predicted octanol–water partition coefficient (Wildman–Crippen LogP) is 1.57. The number of nitrogens with zero attached hydrogens (tertiary/aromatic N) is 3. The fraction of sp³-hybridized carbons (Fsp3) is 0.733. The Labute approximate surface area is 124 Å². The minimum Gasteiger partial charge on any atom is -0.476 e. The van der Waals surface area contributed by atoms with Gasteiger partial charge in [0, 0.05) is 5.92 Å². The molecule has 0 amide bonds. The second-order valence-electron chi connectivity index (χ2n) is 6.11. The zero-order valence-electron chi connectivity index (χ0n) is 12.6. The van der Waals surface area contributed by atoms with Crippen LogP contribution in [-0.4, -0.2) is 45.2 Å². The first-order valence-electron chi connectivity index (χ1n) is 7.94. The average Bonchev–Trinajstić information content (AvgIpc) is 2.88. The number of nitrogens with two attached hydrogens (primary N) is 1. The number of fused-ring (bicyclic) bond motifs is 1. The fourth-order valence-electron chi connectivity index (χ4n) is 3.67. The Bertz CT molecular complexity index is 532. The maximum absolute atomic E-state index is 11.4. The van der Waals surface area contributed by atoms with Crippen LogP contribution in [-0.2, 0) is 6.42 Å². The zero-order chi connectivity index (χ0) is 15.0. The molecule has 6 nitrogen and oxygen atoms in total. The van der Waals surface area contributed by atoms with E-state index in [9.17, 15) is 9.90 Å². The third kappa shape index (κ3) is 2.58. The van der Waals surface area contributed by atoms with Crippen molar-refractivity contribution < 1.29 is 9.90 Å². The van der Waals surface area contributed by atoms with Gasteiger partial charge in [-0.1, -0.05) is 6.92 Å². The van der Waals surface area contributed by atoms with E-state index in [4.69, 9.17) is 5.73 Å². The number of likely N-dealkylation sites (tertiary alicyclic amines) is 1. The van der Waals surface area contributed by atoms with Crippen LogP contribution in [0.3, 0.4) is 0 Å². The summed E-state index contributed by atoms with van der Waals surface area (Å²) in [5.41, 5.74) is 7.29. The highest BCUT2D eigenvalue weighted by atomic mass is 16.4. The number of imidazole rings is 1. The van der Waals surface area contributed by atoms with E-state index in [1.165, 1.54) is 0 Å². The van der Waals surface area contributed by atoms with Gasteiger partial charge in [0.25, 0.3) is 0 Å². The number of aromatic carboxylic acids is 1. The molecule has 1 fully saturated rings. The van der Waals surface area contributed by atoms with Crippen molar-refractivity contribution in [3.8, 4) is 0 Å². The summed E-state index contributed by atoms with van der Waals surface area (Å²) in [4.78, 5) is 18.4. The van der Waals surface area contributed by atoms with Gasteiger partial charge >= 0.3 is 5.97 Å². The topological polar surface area (TPSA) is 84.4 Å². The SMILES string of the molecule is CCN1CCC(c2nc(C(=O)O)c3n2C(N)CCC3)CC1. The van der Waals surface area contributed by atoms with Gasteiger partial charge in [-0.3, -0.25) is 0 Å². The molecule has 3 heterocycles. The molecule has 1 aromatic rings. The third-order valence-electron chi connectivity index (χ3n) is 4.88. The molecule has 1 aromatic heterocycles. The number of piperidine rings is 1. The minimum absolute atomic E-state index is 0.117. The van der Waals surface area contributed by atoms with Crippen LogP contribution < -0.4 is 5.73 Å². The number of carbonyl (C=O) groups is 1. The van der Waals surface area contributed by atoms with Crippen LogP contribution in [0.15, 0.2) is 0 Å². The summed E-state index contributed by atoms with van der Waals surface area (Å²) in [6.45, 7) is 5.37. The van der Waals surface area contributed by atoms with Crippen LogP contribution in [0.2, 0.25) is 0 Å². The molecule has 21 heavy (non-hydrogen) atoms. The zero-order valence-corrected chi connectivity index (χ0v) is 12.6. The summed E-state index contributed by atoms with van der Waals surface area (Å²) in [6, 6.07) is 0. The lowest BCUT2D eigenvalue weighted by Gasteiger charge is -2.32. The van der Waals surface area contributed by atoms with E-state index < -0.39 is 5.97 Å². The molecule has 2 aliphatic heterocycles. The van der Waals surface area contributed by atoms with E-state index in [-0.39, 0.29) is 11.9 Å². The summed E-state index contributed by atoms with van der Waals surface area (Å²) < 4.78 is 2.03. The van der Waals surface area contributed by atoms with E-state index in [0.717, 1.165) is 63.3 Å². The Balaban J connectivity index is 1.93. The Morgan fingerprint density at radius 1 is 1.38 bits per heavy atom. The lowest BCUT2D eigenvalue weighted by atomic mass is 9.95. The van der Waals surface area contributed by atoms with Crippen molar-refractivity contribution in [3.63, 3.8) is 0 Å². The number of carboxylic acids is 1. The maximum atomic E-state index is 11.4. The van der Waals surface area contributed by atoms with E-state index >= 15 is 0 Å². The second kappa shape index (κ2) is 5.77. The third-order valence-corrected chi connectivity index (χ3v) is 4.88. The van der Waals surface area contributed by atoms with Crippen LogP contribution in [0.5, 0.6) is 0 Å². The monoisotopic (exact) mass is 292 g/mol. The molecule has 3 N–H and O–H groups in total. The van der Waals surface area contributed by atoms with Gasteiger partial charge < -0.3 is 20.3 Å². The van der Waals surface area contributed by atoms with Gasteiger partial charge in [0.15, 0.2) is 5.69 Å². The molecule has 116 valence electrons. The summed E-state index contributed by atoms with van der Waals surface area (Å²) in [5.74, 6) is 0.319. The summed E-state index contributed by atoms with van der Waals surface area (Å²) in [5, 5.41) is 9.39. The van der Waals surface area contributed by atoms with Crippen molar-refractivity contribution in [3.05, 3.63) is 17.2 Å². The van der Waals surface area contributed by atoms with E-state index in [1.54, 1.807) is 0 Å². The first kappa shape index (κ1) is 14.5. The fourth-order valence-corrected chi connectivity index (χ4v) is 3.67. The van der Waals surface area contributed by atoms with Crippen molar-refractivity contribution in [1.29, 1.82) is 0 Å². The molecular weight excluding hydrogens is 268 g/mol. The van der Waals surface area contributed by atoms with Gasteiger partial charge in [0.2, 0.25) is 0 Å². The molecule has 0 radical (unpaired) electrons. The predicted molar refractivity (Wildman–Crippen MR) is 79.4 cm³/mol. The second-order valence-corrected chi connectivity index (χ2v) is 6.11. The van der Waals surface area contributed by atoms with Gasteiger partial charge in [0.1, 0.15) is 5.82 Å². The lowest BCUT2D eigenvalue weighted by molar-refractivity contribution is 0.0689. The molecule has 1 unspecified atom stereocenters. The largest absolute Gasteiger partial charge is 0.476 e. The Morgan fingerprint density at radius 3 is 2.71 bits per heavy atom. The van der Waals surface area contributed by atoms with Crippen LogP contribution in [0.25, 0.3) is 0 Å². The Kier molecular flexibility index (Phi) is 3.99. The smallest absolute Gasteiger partial charge is 0.356 e. The average molecular weight is 292 g/mol. The standard InChI is InChI=1S/C15H24N4O2/c1-2-18-8-6-10(7-9-18)14-17-13(15(20)21)11-4-3-5-12(16)19(11)14/h10,12H,2-9,16H2,1H3,(H,20,21). The Hall–Kier alpha value is -1.40. The number of hydrogen-bond acceptors (Lipinski definition) is 4. The maximum Gasteiger partial charge on any atom is 0.356 e. The number of aromatic nitrogens is 2. The van der Waals surface area contributed by atoms with Gasteiger partial charge in [0.05, 0.1) is 11.9 Å². The van der Waals surface area contributed by atoms with Gasteiger partial charge in [-0.2, -0.15) is 0 Å². The molecule has 1 atom stereocenters. The van der Waals surface area contributed by atoms with Crippen molar-refractivity contribution in [1.82, 2.24) is 14.5 Å². The van der Waals surface area contributed by atoms with E-state index in [1.807, 2.05) is 4.57 Å². The summed E-state index contributed by atoms with van der Waals surface area (Å²) in [6.07, 6.45) is 4.58. The minimum atomic E-state index is -0.926. The van der Waals surface area contributed by atoms with Crippen LogP contribution in [0.4, 0.5) is 0 Å². The van der Waals surface area contributed by atoms with Crippen LogP contribution >= 0.6 is 0 Å². The van der Waals surface area contributed by atoms with E-state index in [0.29, 0.717) is 5.92 Å². The first-order chi connectivity index (χ1) is 10.1. The van der Waals surface area contributed by atoms with Crippen molar-refractivity contribution >= 4 is 5.97 Å². The molecule has 0 spiro atoms. The summed E-state index contributed by atoms with van der Waals surface area (Å²) in [7, 11) is 0. The number of rotatable bonds is 3. The molecule has 2 aliphatic rings. The first-order valence-corrected chi connectivity index (χ1v) is 7.94. The molecule has 0 aromatic carbocycles. The lowest BCUT2D eigenvalue weighted by Crippen LogP contribution is -2.34. The molecule has 1 saturated heterocycles. The van der Waals surface area contributed by atoms with Crippen molar-refractivity contribution in [2.75, 3.05) is 19.6 Å². The van der Waals surface area contributed by atoms with Crippen molar-refractivity contribution in [2.24, 2.45) is 5.73 Å². The number of carboxylic acid groups (broad SMARTS) is 1. The molecule has 0 bridgehead atoms. The highest BCUT2D eigenvalue weighted by Gasteiger charge is 2.32. The van der Waals surface area contributed by atoms with Gasteiger partial charge in [-0.25, -0.2) is 9.78 Å².